The fraction of sp³-hybridized carbons (Fsp3) is 0.125. The van der Waals surface area contributed by atoms with Crippen molar-refractivity contribution in [2.45, 2.75) is 13.0 Å². The number of halogens is 1. The molecule has 156 valence electrons. The Morgan fingerprint density at radius 2 is 1.84 bits per heavy atom. The van der Waals surface area contributed by atoms with Crippen LogP contribution in [0.5, 0.6) is 5.75 Å². The van der Waals surface area contributed by atoms with Crippen LogP contribution in [0.2, 0.25) is 0 Å². The average molecular weight is 418 g/mol. The SMILES string of the molecule is COc1ccc(F)cc1/C(O)=C1\C(=O)C(=O)N(c2ccccc2C)C1c1ccccn1. The van der Waals surface area contributed by atoms with Crippen LogP contribution in [0.1, 0.15) is 22.9 Å². The van der Waals surface area contributed by atoms with E-state index < -0.39 is 29.3 Å². The number of benzene rings is 2. The lowest BCUT2D eigenvalue weighted by molar-refractivity contribution is -0.132. The third-order valence-corrected chi connectivity index (χ3v) is 5.20. The number of pyridine rings is 1. The first kappa shape index (κ1) is 20.3. The van der Waals surface area contributed by atoms with E-state index in [4.69, 9.17) is 4.74 Å². The van der Waals surface area contributed by atoms with Gasteiger partial charge in [0.15, 0.2) is 0 Å². The highest BCUT2D eigenvalue weighted by Crippen LogP contribution is 2.43. The molecule has 1 atom stereocenters. The molecular formula is C24H19FN2O4. The van der Waals surface area contributed by atoms with Crippen molar-refractivity contribution in [1.29, 1.82) is 0 Å². The van der Waals surface area contributed by atoms with Crippen molar-refractivity contribution in [3.63, 3.8) is 0 Å². The summed E-state index contributed by atoms with van der Waals surface area (Å²) < 4.78 is 19.2. The number of methoxy groups -OCH3 is 1. The first-order valence-corrected chi connectivity index (χ1v) is 9.55. The van der Waals surface area contributed by atoms with Crippen molar-refractivity contribution in [2.75, 3.05) is 12.0 Å². The number of ketones is 1. The third-order valence-electron chi connectivity index (χ3n) is 5.20. The molecule has 1 saturated heterocycles. The third kappa shape index (κ3) is 3.44. The number of anilines is 1. The molecule has 1 unspecified atom stereocenters. The number of Topliss-reactive ketones (excluding diaryl/α,β-unsaturated/α-hetero) is 1. The highest BCUT2D eigenvalue weighted by atomic mass is 19.1. The summed E-state index contributed by atoms with van der Waals surface area (Å²) in [5.41, 5.74) is 1.48. The van der Waals surface area contributed by atoms with Gasteiger partial charge in [-0.3, -0.25) is 19.5 Å². The first-order valence-electron chi connectivity index (χ1n) is 9.55. The number of aromatic nitrogens is 1. The summed E-state index contributed by atoms with van der Waals surface area (Å²) in [6.45, 7) is 1.82. The summed E-state index contributed by atoms with van der Waals surface area (Å²) in [5, 5.41) is 11.1. The number of hydrogen-bond donors (Lipinski definition) is 1. The van der Waals surface area contributed by atoms with Crippen molar-refractivity contribution in [2.24, 2.45) is 0 Å². The van der Waals surface area contributed by atoms with Gasteiger partial charge >= 0.3 is 0 Å². The summed E-state index contributed by atoms with van der Waals surface area (Å²) in [4.78, 5) is 31.9. The number of hydrogen-bond acceptors (Lipinski definition) is 5. The Kier molecular flexibility index (Phi) is 5.25. The molecule has 2 aromatic carbocycles. The fourth-order valence-electron chi connectivity index (χ4n) is 3.74. The number of aliphatic hydroxyl groups excluding tert-OH is 1. The molecule has 1 aliphatic heterocycles. The molecule has 1 N–H and O–H groups in total. The van der Waals surface area contributed by atoms with Crippen molar-refractivity contribution >= 4 is 23.1 Å². The van der Waals surface area contributed by atoms with Crippen LogP contribution in [0.3, 0.4) is 0 Å². The molecule has 0 bridgehead atoms. The van der Waals surface area contributed by atoms with Crippen LogP contribution < -0.4 is 9.64 Å². The van der Waals surface area contributed by atoms with Gasteiger partial charge in [0.05, 0.1) is 23.9 Å². The average Bonchev–Trinajstić information content (AvgIpc) is 3.05. The maximum absolute atomic E-state index is 14.0. The molecule has 4 rings (SSSR count). The van der Waals surface area contributed by atoms with E-state index >= 15 is 0 Å². The fourth-order valence-corrected chi connectivity index (χ4v) is 3.74. The lowest BCUT2D eigenvalue weighted by Crippen LogP contribution is -2.30. The van der Waals surface area contributed by atoms with E-state index in [0.29, 0.717) is 11.4 Å². The van der Waals surface area contributed by atoms with Crippen LogP contribution >= 0.6 is 0 Å². The lowest BCUT2D eigenvalue weighted by atomic mass is 9.97. The Bertz CT molecular complexity index is 1210. The van der Waals surface area contributed by atoms with Crippen LogP contribution in [-0.2, 0) is 9.59 Å². The van der Waals surface area contributed by atoms with Gasteiger partial charge in [-0.1, -0.05) is 24.3 Å². The highest BCUT2D eigenvalue weighted by molar-refractivity contribution is 6.51. The molecule has 1 aromatic heterocycles. The van der Waals surface area contributed by atoms with Gasteiger partial charge in [0.25, 0.3) is 11.7 Å². The lowest BCUT2D eigenvalue weighted by Gasteiger charge is -2.26. The second-order valence-corrected chi connectivity index (χ2v) is 7.05. The quantitative estimate of drug-likeness (QED) is 0.391. The second kappa shape index (κ2) is 8.02. The number of aryl methyl sites for hydroxylation is 1. The molecule has 0 aliphatic carbocycles. The molecule has 1 aliphatic rings. The second-order valence-electron chi connectivity index (χ2n) is 7.05. The van der Waals surface area contributed by atoms with Crippen LogP contribution in [-0.4, -0.2) is 28.9 Å². The van der Waals surface area contributed by atoms with Gasteiger partial charge in [-0.05, 0) is 48.9 Å². The van der Waals surface area contributed by atoms with E-state index in [1.165, 1.54) is 30.3 Å². The molecule has 0 radical (unpaired) electrons. The Morgan fingerprint density at radius 1 is 1.10 bits per heavy atom. The van der Waals surface area contributed by atoms with E-state index in [1.807, 2.05) is 19.1 Å². The van der Waals surface area contributed by atoms with Crippen molar-refractivity contribution < 1.29 is 23.8 Å². The van der Waals surface area contributed by atoms with E-state index in [9.17, 15) is 19.1 Å². The number of aliphatic hydroxyl groups is 1. The molecule has 3 aromatic rings. The van der Waals surface area contributed by atoms with Crippen molar-refractivity contribution in [1.82, 2.24) is 4.98 Å². The zero-order valence-corrected chi connectivity index (χ0v) is 16.9. The topological polar surface area (TPSA) is 79.7 Å². The van der Waals surface area contributed by atoms with Gasteiger partial charge in [0, 0.05) is 11.9 Å². The van der Waals surface area contributed by atoms with Gasteiger partial charge in [-0.2, -0.15) is 0 Å². The Morgan fingerprint density at radius 3 is 2.52 bits per heavy atom. The molecule has 31 heavy (non-hydrogen) atoms. The maximum atomic E-state index is 14.0. The summed E-state index contributed by atoms with van der Waals surface area (Å²) in [6.07, 6.45) is 1.54. The van der Waals surface area contributed by atoms with Gasteiger partial charge < -0.3 is 9.84 Å². The molecule has 1 amide bonds. The smallest absolute Gasteiger partial charge is 0.300 e. The van der Waals surface area contributed by atoms with Crippen molar-refractivity contribution in [3.05, 3.63) is 95.1 Å². The van der Waals surface area contributed by atoms with Crippen LogP contribution in [0, 0.1) is 12.7 Å². The number of amides is 1. The minimum atomic E-state index is -0.990. The number of para-hydroxylation sites is 1. The molecule has 6 nitrogen and oxygen atoms in total. The van der Waals surface area contributed by atoms with E-state index in [-0.39, 0.29) is 16.9 Å². The predicted octanol–water partition coefficient (Wildman–Crippen LogP) is 4.16. The zero-order valence-electron chi connectivity index (χ0n) is 16.9. The molecule has 1 fully saturated rings. The van der Waals surface area contributed by atoms with Crippen molar-refractivity contribution in [3.8, 4) is 5.75 Å². The minimum Gasteiger partial charge on any atom is -0.507 e. The number of carbonyl (C=O) groups is 2. The molecular weight excluding hydrogens is 399 g/mol. The first-order chi connectivity index (χ1) is 14.9. The molecule has 2 heterocycles. The van der Waals surface area contributed by atoms with E-state index in [2.05, 4.69) is 4.98 Å². The number of ether oxygens (including phenoxy) is 1. The number of carbonyl (C=O) groups excluding carboxylic acids is 2. The normalized spacial score (nSPS) is 17.8. The Balaban J connectivity index is 2.00. The van der Waals surface area contributed by atoms with Gasteiger partial charge in [0.1, 0.15) is 23.4 Å². The molecule has 7 heteroatoms. The van der Waals surface area contributed by atoms with E-state index in [1.54, 1.807) is 30.3 Å². The molecule has 0 spiro atoms. The summed E-state index contributed by atoms with van der Waals surface area (Å²) in [7, 11) is 1.37. The van der Waals surface area contributed by atoms with Crippen LogP contribution in [0.25, 0.3) is 5.76 Å². The summed E-state index contributed by atoms with van der Waals surface area (Å²) >= 11 is 0. The van der Waals surface area contributed by atoms with Crippen LogP contribution in [0.15, 0.2) is 72.4 Å². The minimum absolute atomic E-state index is 0.0220. The Hall–Kier alpha value is -4.00. The molecule has 0 saturated carbocycles. The van der Waals surface area contributed by atoms with Crippen LogP contribution in [0.4, 0.5) is 10.1 Å². The number of rotatable bonds is 4. The standard InChI is InChI=1S/C24H19FN2O4/c1-14-7-3-4-9-18(14)27-21(17-8-5-6-12-26-17)20(23(29)24(27)30)22(28)16-13-15(25)10-11-19(16)31-2/h3-13,21,28H,1-2H3/b22-20+. The Labute approximate surface area is 178 Å². The predicted molar refractivity (Wildman–Crippen MR) is 113 cm³/mol. The van der Waals surface area contributed by atoms with E-state index in [0.717, 1.165) is 11.6 Å². The largest absolute Gasteiger partial charge is 0.507 e. The van der Waals surface area contributed by atoms with Gasteiger partial charge in [-0.15, -0.1) is 0 Å². The zero-order chi connectivity index (χ0) is 22.1. The number of nitrogens with zero attached hydrogens (tertiary/aromatic N) is 2. The maximum Gasteiger partial charge on any atom is 0.300 e. The van der Waals surface area contributed by atoms with Gasteiger partial charge in [0.2, 0.25) is 0 Å². The highest BCUT2D eigenvalue weighted by Gasteiger charge is 2.48. The summed E-state index contributed by atoms with van der Waals surface area (Å²) in [5.74, 6) is -2.67. The summed E-state index contributed by atoms with van der Waals surface area (Å²) in [6, 6.07) is 14.8. The monoisotopic (exact) mass is 418 g/mol. The van der Waals surface area contributed by atoms with Gasteiger partial charge in [-0.25, -0.2) is 4.39 Å².